The van der Waals surface area contributed by atoms with E-state index in [9.17, 15) is 26.5 Å². The zero-order chi connectivity index (χ0) is 22.3. The molecule has 0 spiro atoms. The van der Waals surface area contributed by atoms with E-state index in [0.717, 1.165) is 22.9 Å². The third kappa shape index (κ3) is 4.30. The van der Waals surface area contributed by atoms with Gasteiger partial charge in [-0.1, -0.05) is 0 Å². The Kier molecular flexibility index (Phi) is 5.34. The molecule has 0 fully saturated rings. The molecule has 14 heteroatoms. The van der Waals surface area contributed by atoms with E-state index >= 15 is 0 Å². The number of rotatable bonds is 5. The summed E-state index contributed by atoms with van der Waals surface area (Å²) in [5.41, 5.74) is 5.91. The molecule has 0 saturated heterocycles. The van der Waals surface area contributed by atoms with Gasteiger partial charge in [0.2, 0.25) is 5.88 Å². The smallest absolute Gasteiger partial charge is 0.296 e. The minimum Gasteiger partial charge on any atom is -0.492 e. The Labute approximate surface area is 170 Å². The van der Waals surface area contributed by atoms with Crippen molar-refractivity contribution >= 4 is 37.3 Å². The second-order valence-corrected chi connectivity index (χ2v) is 8.85. The van der Waals surface area contributed by atoms with Crippen LogP contribution in [0.2, 0.25) is 0 Å². The number of benzene rings is 2. The molecular formula is C16H15N5O7S2. The first-order valence-corrected chi connectivity index (χ1v) is 10.9. The monoisotopic (exact) mass is 453 g/mol. The highest BCUT2D eigenvalue weighted by Gasteiger charge is 2.19. The Morgan fingerprint density at radius 2 is 1.60 bits per heavy atom. The van der Waals surface area contributed by atoms with E-state index in [1.54, 1.807) is 0 Å². The molecule has 0 unspecified atom stereocenters. The van der Waals surface area contributed by atoms with Crippen molar-refractivity contribution in [1.82, 2.24) is 9.78 Å². The van der Waals surface area contributed by atoms with Crippen molar-refractivity contribution in [1.29, 1.82) is 0 Å². The fraction of sp³-hybridized carbons (Fsp3) is 0.0625. The normalized spacial score (nSPS) is 12.5. The SMILES string of the molecule is Cc1nn(-c2ccc(S(=O)(=O)O)cc2)c(O)c1/N=N/c1cc(N)ccc1S(=O)(=O)O. The average molecular weight is 453 g/mol. The van der Waals surface area contributed by atoms with Crippen molar-refractivity contribution in [2.45, 2.75) is 16.7 Å². The number of aryl methyl sites for hydroxylation is 1. The minimum absolute atomic E-state index is 0.0995. The predicted octanol–water partition coefficient (Wildman–Crippen LogP) is 2.38. The molecule has 2 aromatic carbocycles. The molecule has 5 N–H and O–H groups in total. The molecule has 1 heterocycles. The lowest BCUT2D eigenvalue weighted by molar-refractivity contribution is 0.434. The van der Waals surface area contributed by atoms with Crippen molar-refractivity contribution in [2.24, 2.45) is 10.2 Å². The van der Waals surface area contributed by atoms with E-state index in [2.05, 4.69) is 15.3 Å². The number of hydrogen-bond acceptors (Lipinski definition) is 9. The van der Waals surface area contributed by atoms with E-state index < -0.39 is 31.0 Å². The lowest BCUT2D eigenvalue weighted by atomic mass is 10.3. The van der Waals surface area contributed by atoms with E-state index in [0.29, 0.717) is 0 Å². The first kappa shape index (κ1) is 21.4. The van der Waals surface area contributed by atoms with Gasteiger partial charge in [0.25, 0.3) is 20.2 Å². The van der Waals surface area contributed by atoms with Gasteiger partial charge in [-0.25, -0.2) is 0 Å². The summed E-state index contributed by atoms with van der Waals surface area (Å²) >= 11 is 0. The molecule has 30 heavy (non-hydrogen) atoms. The summed E-state index contributed by atoms with van der Waals surface area (Å²) in [6.07, 6.45) is 0. The molecule has 0 aliphatic rings. The number of azo groups is 1. The highest BCUT2D eigenvalue weighted by molar-refractivity contribution is 7.86. The number of anilines is 1. The van der Waals surface area contributed by atoms with Gasteiger partial charge in [0.1, 0.15) is 10.6 Å². The zero-order valence-corrected chi connectivity index (χ0v) is 16.8. The Morgan fingerprint density at radius 1 is 0.967 bits per heavy atom. The number of nitrogen functional groups attached to an aromatic ring is 1. The van der Waals surface area contributed by atoms with Crippen LogP contribution in [0.25, 0.3) is 5.69 Å². The fourth-order valence-electron chi connectivity index (χ4n) is 2.50. The van der Waals surface area contributed by atoms with Crippen LogP contribution in [0.3, 0.4) is 0 Å². The largest absolute Gasteiger partial charge is 0.492 e. The lowest BCUT2D eigenvalue weighted by Crippen LogP contribution is -2.00. The summed E-state index contributed by atoms with van der Waals surface area (Å²) < 4.78 is 64.6. The highest BCUT2D eigenvalue weighted by atomic mass is 32.2. The molecule has 0 saturated carbocycles. The highest BCUT2D eigenvalue weighted by Crippen LogP contribution is 2.35. The average Bonchev–Trinajstić information content (AvgIpc) is 2.92. The van der Waals surface area contributed by atoms with Crippen molar-refractivity contribution in [3.05, 3.63) is 48.2 Å². The third-order valence-electron chi connectivity index (χ3n) is 3.90. The number of aromatic hydroxyl groups is 1. The van der Waals surface area contributed by atoms with Crippen molar-refractivity contribution < 1.29 is 31.0 Å². The second-order valence-electron chi connectivity index (χ2n) is 6.04. The molecule has 0 bridgehead atoms. The first-order chi connectivity index (χ1) is 13.9. The lowest BCUT2D eigenvalue weighted by Gasteiger charge is -2.04. The summed E-state index contributed by atoms with van der Waals surface area (Å²) in [5.74, 6) is -0.465. The maximum Gasteiger partial charge on any atom is 0.296 e. The van der Waals surface area contributed by atoms with Crippen LogP contribution in [0.5, 0.6) is 5.88 Å². The molecule has 0 atom stereocenters. The first-order valence-electron chi connectivity index (χ1n) is 8.03. The fourth-order valence-corrected chi connectivity index (χ4v) is 3.58. The molecule has 3 rings (SSSR count). The topological polar surface area (TPSA) is 198 Å². The van der Waals surface area contributed by atoms with E-state index in [-0.39, 0.29) is 33.3 Å². The van der Waals surface area contributed by atoms with Gasteiger partial charge < -0.3 is 10.8 Å². The van der Waals surface area contributed by atoms with Crippen molar-refractivity contribution in [2.75, 3.05) is 5.73 Å². The van der Waals surface area contributed by atoms with Crippen LogP contribution in [0.15, 0.2) is 62.5 Å². The maximum atomic E-state index is 11.5. The maximum absolute atomic E-state index is 11.5. The van der Waals surface area contributed by atoms with Crippen LogP contribution in [0.1, 0.15) is 5.69 Å². The van der Waals surface area contributed by atoms with E-state index in [1.165, 1.54) is 31.2 Å². The second kappa shape index (κ2) is 7.49. The van der Waals surface area contributed by atoms with Gasteiger partial charge in [-0.2, -0.15) is 26.6 Å². The van der Waals surface area contributed by atoms with Crippen LogP contribution in [-0.4, -0.2) is 40.8 Å². The summed E-state index contributed by atoms with van der Waals surface area (Å²) in [6, 6.07) is 8.33. The van der Waals surface area contributed by atoms with Crippen LogP contribution < -0.4 is 5.73 Å². The van der Waals surface area contributed by atoms with Crippen LogP contribution in [0, 0.1) is 6.92 Å². The van der Waals surface area contributed by atoms with Gasteiger partial charge in [0.05, 0.1) is 16.3 Å². The molecule has 158 valence electrons. The number of hydrogen-bond donors (Lipinski definition) is 4. The van der Waals surface area contributed by atoms with Crippen LogP contribution >= 0.6 is 0 Å². The summed E-state index contributed by atoms with van der Waals surface area (Å²) in [5, 5.41) is 22.1. The molecule has 0 aliphatic heterocycles. The molecule has 0 aliphatic carbocycles. The van der Waals surface area contributed by atoms with Gasteiger partial charge in [0, 0.05) is 5.69 Å². The van der Waals surface area contributed by atoms with E-state index in [4.69, 9.17) is 10.3 Å². The van der Waals surface area contributed by atoms with Gasteiger partial charge in [-0.3, -0.25) is 9.11 Å². The van der Waals surface area contributed by atoms with Crippen molar-refractivity contribution in [3.8, 4) is 11.6 Å². The van der Waals surface area contributed by atoms with Gasteiger partial charge in [-0.15, -0.1) is 10.2 Å². The van der Waals surface area contributed by atoms with Crippen LogP contribution in [-0.2, 0) is 20.2 Å². The van der Waals surface area contributed by atoms with Gasteiger partial charge in [-0.05, 0) is 49.4 Å². The Morgan fingerprint density at radius 3 is 2.17 bits per heavy atom. The Bertz CT molecular complexity index is 1360. The summed E-state index contributed by atoms with van der Waals surface area (Å²) in [7, 11) is -8.97. The standard InChI is InChI=1S/C16H15N5O7S2/c1-9-15(19-18-13-8-10(17)2-7-14(13)30(26,27)28)16(22)21(20-9)11-3-5-12(6-4-11)29(23,24)25/h2-8,22H,17H2,1H3,(H,23,24,25)(H,26,27,28)/b19-18+. The van der Waals surface area contributed by atoms with Gasteiger partial charge in [0.15, 0.2) is 5.69 Å². The summed E-state index contributed by atoms with van der Waals surface area (Å²) in [4.78, 5) is -0.861. The summed E-state index contributed by atoms with van der Waals surface area (Å²) in [6.45, 7) is 1.50. The predicted molar refractivity (Wildman–Crippen MR) is 105 cm³/mol. The molecule has 0 radical (unpaired) electrons. The third-order valence-corrected chi connectivity index (χ3v) is 5.67. The minimum atomic E-state index is -4.59. The molecule has 1 aromatic heterocycles. The quantitative estimate of drug-likeness (QED) is 0.254. The number of nitrogens with two attached hydrogens (primary N) is 1. The number of aromatic nitrogens is 2. The van der Waals surface area contributed by atoms with Gasteiger partial charge >= 0.3 is 0 Å². The molecule has 0 amide bonds. The van der Waals surface area contributed by atoms with Crippen LogP contribution in [0.4, 0.5) is 17.1 Å². The Hall–Kier alpha value is -3.33. The van der Waals surface area contributed by atoms with E-state index in [1.807, 2.05) is 0 Å². The zero-order valence-electron chi connectivity index (χ0n) is 15.2. The molecule has 3 aromatic rings. The Balaban J connectivity index is 2.03. The molecular weight excluding hydrogens is 438 g/mol. The molecule has 12 nitrogen and oxygen atoms in total. The van der Waals surface area contributed by atoms with Crippen molar-refractivity contribution in [3.63, 3.8) is 0 Å². The number of nitrogens with zero attached hydrogens (tertiary/aromatic N) is 4.